The fourth-order valence-electron chi connectivity index (χ4n) is 3.40. The van der Waals surface area contributed by atoms with E-state index in [4.69, 9.17) is 9.15 Å². The summed E-state index contributed by atoms with van der Waals surface area (Å²) in [5.74, 6) is 0.684. The van der Waals surface area contributed by atoms with E-state index >= 15 is 0 Å². The molecule has 1 N–H and O–H groups in total. The molecule has 4 unspecified atom stereocenters. The second-order valence-electron chi connectivity index (χ2n) is 5.27. The van der Waals surface area contributed by atoms with Crippen molar-refractivity contribution in [3.8, 4) is 0 Å². The molecule has 17 heavy (non-hydrogen) atoms. The van der Waals surface area contributed by atoms with E-state index in [0.29, 0.717) is 24.2 Å². The molecule has 3 rings (SSSR count). The van der Waals surface area contributed by atoms with Crippen molar-refractivity contribution in [3.63, 3.8) is 0 Å². The largest absolute Gasteiger partial charge is 0.472 e. The maximum absolute atomic E-state index is 5.97. The predicted molar refractivity (Wildman–Crippen MR) is 65.9 cm³/mol. The minimum atomic E-state index is 0.496. The number of hydrogen-bond acceptors (Lipinski definition) is 3. The number of ether oxygens (including phenoxy) is 1. The highest BCUT2D eigenvalue weighted by molar-refractivity contribution is 5.09. The third-order valence-electron chi connectivity index (χ3n) is 4.17. The minimum absolute atomic E-state index is 0.496. The first-order chi connectivity index (χ1) is 8.36. The third kappa shape index (κ3) is 2.26. The molecular formula is C14H21NO2. The van der Waals surface area contributed by atoms with Crippen LogP contribution in [0.4, 0.5) is 0 Å². The molecule has 0 spiro atoms. The van der Waals surface area contributed by atoms with Gasteiger partial charge >= 0.3 is 0 Å². The first-order valence-corrected chi connectivity index (χ1v) is 6.76. The lowest BCUT2D eigenvalue weighted by molar-refractivity contribution is 0.0858. The van der Waals surface area contributed by atoms with Gasteiger partial charge in [-0.2, -0.15) is 0 Å². The fraction of sp³-hybridized carbons (Fsp3) is 0.714. The molecule has 0 amide bonds. The normalized spacial score (nSPS) is 33.1. The van der Waals surface area contributed by atoms with Crippen molar-refractivity contribution < 1.29 is 9.15 Å². The second kappa shape index (κ2) is 4.83. The molecule has 0 saturated carbocycles. The van der Waals surface area contributed by atoms with Gasteiger partial charge in [-0.15, -0.1) is 0 Å². The van der Waals surface area contributed by atoms with E-state index in [0.717, 1.165) is 13.0 Å². The van der Waals surface area contributed by atoms with E-state index in [1.165, 1.54) is 24.8 Å². The summed E-state index contributed by atoms with van der Waals surface area (Å²) in [6.45, 7) is 3.20. The molecule has 0 radical (unpaired) electrons. The molecule has 2 saturated heterocycles. The quantitative estimate of drug-likeness (QED) is 0.850. The van der Waals surface area contributed by atoms with Gasteiger partial charge in [-0.25, -0.2) is 0 Å². The summed E-state index contributed by atoms with van der Waals surface area (Å²) in [5, 5.41) is 3.63. The molecular weight excluding hydrogens is 214 g/mol. The number of furan rings is 1. The summed E-state index contributed by atoms with van der Waals surface area (Å²) >= 11 is 0. The smallest absolute Gasteiger partial charge is 0.0935 e. The van der Waals surface area contributed by atoms with E-state index in [2.05, 4.69) is 18.3 Å². The molecule has 2 aliphatic heterocycles. The van der Waals surface area contributed by atoms with Crippen molar-refractivity contribution in [2.45, 2.75) is 50.9 Å². The molecule has 0 aromatic carbocycles. The van der Waals surface area contributed by atoms with Gasteiger partial charge in [-0.3, -0.25) is 0 Å². The molecule has 94 valence electrons. The average molecular weight is 235 g/mol. The van der Waals surface area contributed by atoms with Gasteiger partial charge in [0.05, 0.1) is 24.7 Å². The summed E-state index contributed by atoms with van der Waals surface area (Å²) in [6, 6.07) is 2.60. The Hall–Kier alpha value is -0.800. The molecule has 2 fully saturated rings. The third-order valence-corrected chi connectivity index (χ3v) is 4.17. The van der Waals surface area contributed by atoms with Crippen LogP contribution in [0, 0.1) is 5.92 Å². The number of rotatable bonds is 5. The van der Waals surface area contributed by atoms with Crippen molar-refractivity contribution in [2.75, 3.05) is 6.54 Å². The molecule has 3 heterocycles. The van der Waals surface area contributed by atoms with Crippen LogP contribution in [-0.2, 0) is 11.2 Å². The maximum atomic E-state index is 5.97. The van der Waals surface area contributed by atoms with E-state index in [9.17, 15) is 0 Å². The highest BCUT2D eigenvalue weighted by Gasteiger charge is 2.43. The number of nitrogens with one attached hydrogen (secondary N) is 1. The van der Waals surface area contributed by atoms with Crippen LogP contribution in [0.15, 0.2) is 23.0 Å². The first-order valence-electron chi connectivity index (χ1n) is 6.76. The van der Waals surface area contributed by atoms with Crippen molar-refractivity contribution >= 4 is 0 Å². The lowest BCUT2D eigenvalue weighted by atomic mass is 9.81. The van der Waals surface area contributed by atoms with Gasteiger partial charge in [0.1, 0.15) is 0 Å². The van der Waals surface area contributed by atoms with Crippen LogP contribution in [0.2, 0.25) is 0 Å². The molecule has 3 heteroatoms. The molecule has 0 aliphatic carbocycles. The van der Waals surface area contributed by atoms with Crippen molar-refractivity contribution in [3.05, 3.63) is 24.2 Å². The standard InChI is InChI=1S/C14H21NO2/c1-2-15-13(7-10-5-6-16-9-10)12-8-11-3-4-14(12)17-11/h5-6,9,11-15H,2-4,7-8H2,1H3. The Kier molecular flexibility index (Phi) is 3.21. The average Bonchev–Trinajstić information content (AvgIpc) is 3.05. The van der Waals surface area contributed by atoms with E-state index in [-0.39, 0.29) is 0 Å². The van der Waals surface area contributed by atoms with Gasteiger partial charge in [0, 0.05) is 12.0 Å². The minimum Gasteiger partial charge on any atom is -0.472 e. The van der Waals surface area contributed by atoms with Crippen LogP contribution < -0.4 is 5.32 Å². The zero-order valence-electron chi connectivity index (χ0n) is 10.4. The van der Waals surface area contributed by atoms with Crippen LogP contribution >= 0.6 is 0 Å². The van der Waals surface area contributed by atoms with Crippen molar-refractivity contribution in [1.82, 2.24) is 5.32 Å². The first kappa shape index (κ1) is 11.3. The summed E-state index contributed by atoms with van der Waals surface area (Å²) in [6.07, 6.45) is 9.47. The second-order valence-corrected chi connectivity index (χ2v) is 5.27. The van der Waals surface area contributed by atoms with E-state index in [1.54, 1.807) is 6.26 Å². The Morgan fingerprint density at radius 3 is 3.00 bits per heavy atom. The Bertz CT molecular complexity index is 349. The van der Waals surface area contributed by atoms with E-state index < -0.39 is 0 Å². The van der Waals surface area contributed by atoms with Crippen LogP contribution in [0.25, 0.3) is 0 Å². The van der Waals surface area contributed by atoms with Gasteiger partial charge in [0.2, 0.25) is 0 Å². The van der Waals surface area contributed by atoms with Crippen molar-refractivity contribution in [1.29, 1.82) is 0 Å². The Morgan fingerprint density at radius 2 is 2.41 bits per heavy atom. The lowest BCUT2D eigenvalue weighted by Gasteiger charge is -2.28. The fourth-order valence-corrected chi connectivity index (χ4v) is 3.40. The lowest BCUT2D eigenvalue weighted by Crippen LogP contribution is -2.42. The van der Waals surface area contributed by atoms with Crippen molar-refractivity contribution in [2.24, 2.45) is 5.92 Å². The Balaban J connectivity index is 1.67. The maximum Gasteiger partial charge on any atom is 0.0935 e. The SMILES string of the molecule is CCNC(Cc1ccoc1)C1CC2CCC1O2. The molecule has 2 aliphatic rings. The zero-order chi connectivity index (χ0) is 11.7. The predicted octanol–water partition coefficient (Wildman–Crippen LogP) is 2.37. The summed E-state index contributed by atoms with van der Waals surface area (Å²) < 4.78 is 11.1. The number of hydrogen-bond donors (Lipinski definition) is 1. The zero-order valence-corrected chi connectivity index (χ0v) is 10.4. The van der Waals surface area contributed by atoms with E-state index in [1.807, 2.05) is 6.26 Å². The number of fused-ring (bicyclic) bond motifs is 2. The topological polar surface area (TPSA) is 34.4 Å². The summed E-state index contributed by atoms with van der Waals surface area (Å²) in [7, 11) is 0. The van der Waals surface area contributed by atoms with Gasteiger partial charge in [0.25, 0.3) is 0 Å². The van der Waals surface area contributed by atoms with Gasteiger partial charge in [0.15, 0.2) is 0 Å². The van der Waals surface area contributed by atoms with Gasteiger partial charge < -0.3 is 14.5 Å². The van der Waals surface area contributed by atoms with Crippen LogP contribution in [0.3, 0.4) is 0 Å². The van der Waals surface area contributed by atoms with Crippen LogP contribution in [-0.4, -0.2) is 24.8 Å². The Morgan fingerprint density at radius 1 is 1.47 bits per heavy atom. The van der Waals surface area contributed by atoms with Gasteiger partial charge in [-0.1, -0.05) is 6.92 Å². The highest BCUT2D eigenvalue weighted by Crippen LogP contribution is 2.41. The Labute approximate surface area is 103 Å². The van der Waals surface area contributed by atoms with Crippen LogP contribution in [0.1, 0.15) is 31.7 Å². The molecule has 3 nitrogen and oxygen atoms in total. The molecule has 1 aromatic rings. The number of likely N-dealkylation sites (N-methyl/N-ethyl adjacent to an activating group) is 1. The summed E-state index contributed by atoms with van der Waals surface area (Å²) in [5.41, 5.74) is 1.29. The molecule has 4 atom stereocenters. The molecule has 1 aromatic heterocycles. The highest BCUT2D eigenvalue weighted by atomic mass is 16.5. The molecule has 2 bridgehead atoms. The summed E-state index contributed by atoms with van der Waals surface area (Å²) in [4.78, 5) is 0. The van der Waals surface area contributed by atoms with Gasteiger partial charge in [-0.05, 0) is 43.9 Å². The van der Waals surface area contributed by atoms with Crippen LogP contribution in [0.5, 0.6) is 0 Å². The monoisotopic (exact) mass is 235 g/mol.